The van der Waals surface area contributed by atoms with E-state index in [1.807, 2.05) is 0 Å². The van der Waals surface area contributed by atoms with Gasteiger partial charge in [0.25, 0.3) is 0 Å². The third kappa shape index (κ3) is 5.36. The second-order valence-electron chi connectivity index (χ2n) is 8.42. The number of hydrogen-bond donors (Lipinski definition) is 0. The third-order valence-corrected chi connectivity index (χ3v) is 7.26. The third-order valence-electron chi connectivity index (χ3n) is 5.68. The van der Waals surface area contributed by atoms with Gasteiger partial charge in [-0.15, -0.1) is 11.8 Å². The van der Waals surface area contributed by atoms with Crippen molar-refractivity contribution in [1.29, 1.82) is 0 Å². The highest BCUT2D eigenvalue weighted by Gasteiger charge is 2.71. The lowest BCUT2D eigenvalue weighted by atomic mass is 10.0. The molecule has 1 saturated heterocycles. The number of methoxy groups -OCH3 is 1. The molecule has 13 heteroatoms. The Kier molecular flexibility index (Phi) is 8.33. The number of rotatable bonds is 9. The number of carbonyl (C=O) groups excluding carboxylic acids is 3. The van der Waals surface area contributed by atoms with Gasteiger partial charge in [-0.2, -0.15) is 18.1 Å². The predicted octanol–water partition coefficient (Wildman–Crippen LogP) is 5.15. The van der Waals surface area contributed by atoms with E-state index in [0.717, 1.165) is 6.42 Å². The number of quaternary nitrogens is 1. The number of carbonyl (C=O) groups is 3. The lowest BCUT2D eigenvalue weighted by Crippen LogP contribution is -2.62. The molecule has 2 aromatic rings. The van der Waals surface area contributed by atoms with Crippen LogP contribution in [0.25, 0.3) is 0 Å². The molecule has 3 amide bonds. The van der Waals surface area contributed by atoms with Crippen LogP contribution in [-0.4, -0.2) is 58.7 Å². The summed E-state index contributed by atoms with van der Waals surface area (Å²) in [6.07, 6.45) is -1.88. The van der Waals surface area contributed by atoms with E-state index in [4.69, 9.17) is 21.2 Å². The van der Waals surface area contributed by atoms with Gasteiger partial charge in [-0.1, -0.05) is 11.6 Å². The molecule has 3 rings (SSSR count). The Morgan fingerprint density at radius 3 is 2.44 bits per heavy atom. The van der Waals surface area contributed by atoms with Crippen molar-refractivity contribution in [2.45, 2.75) is 43.4 Å². The van der Waals surface area contributed by atoms with E-state index in [2.05, 4.69) is 4.98 Å². The van der Waals surface area contributed by atoms with Crippen LogP contribution >= 0.6 is 23.4 Å². The van der Waals surface area contributed by atoms with Gasteiger partial charge in [-0.05, 0) is 41.4 Å². The summed E-state index contributed by atoms with van der Waals surface area (Å²) in [6, 6.07) is 6.20. The van der Waals surface area contributed by atoms with Crippen molar-refractivity contribution in [3.63, 3.8) is 0 Å². The number of anilines is 1. The number of benzene rings is 1. The zero-order valence-electron chi connectivity index (χ0n) is 19.7. The Balaban J connectivity index is 2.02. The van der Waals surface area contributed by atoms with Crippen LogP contribution in [0.5, 0.6) is 0 Å². The van der Waals surface area contributed by atoms with Crippen molar-refractivity contribution in [3.05, 3.63) is 53.3 Å². The number of thioether (sulfide) groups is 1. The molecule has 1 aliphatic rings. The molecule has 36 heavy (non-hydrogen) atoms. The molecule has 0 spiro atoms. The van der Waals surface area contributed by atoms with Crippen molar-refractivity contribution in [2.75, 3.05) is 24.4 Å². The number of halogens is 4. The smallest absolute Gasteiger partial charge is 0.385 e. The summed E-state index contributed by atoms with van der Waals surface area (Å²) in [5.41, 5.74) is -1.53. The van der Waals surface area contributed by atoms with Crippen molar-refractivity contribution in [3.8, 4) is 0 Å². The second-order valence-corrected chi connectivity index (χ2v) is 9.97. The number of pyridine rings is 1. The molecule has 0 radical (unpaired) electrons. The molecule has 0 aliphatic carbocycles. The van der Waals surface area contributed by atoms with E-state index < -0.39 is 40.8 Å². The molecule has 1 fully saturated rings. The number of hydroxylamine groups is 3. The molecule has 1 atom stereocenters. The van der Waals surface area contributed by atoms with Crippen LogP contribution in [-0.2, 0) is 25.7 Å². The number of urea groups is 1. The van der Waals surface area contributed by atoms with Gasteiger partial charge in [0.05, 0.1) is 10.7 Å². The maximum Gasteiger partial charge on any atom is 0.497 e. The van der Waals surface area contributed by atoms with Crippen molar-refractivity contribution >= 4 is 47.0 Å². The molecule has 8 nitrogen and oxygen atoms in total. The minimum Gasteiger partial charge on any atom is -0.385 e. The molecule has 0 bridgehead atoms. The molecular formula is C23H24ClF3N3O5S+. The number of ether oxygens (including phenoxy) is 1. The van der Waals surface area contributed by atoms with E-state index in [1.165, 1.54) is 62.3 Å². The minimum atomic E-state index is -5.39. The normalized spacial score (nSPS) is 19.6. The Hall–Kier alpha value is -2.67. The standard InChI is InChI=1S/C23H24ClF3N3O5S/c1-22(2)19(31)29(16-5-6-18(17(24)13-16)36-12-4-11-34-3)21(33)30(22,35-20(32)23(25,26)27)14-15-7-9-28-10-8-15/h5-10,13H,4,11-12,14H2,1-3H3/q+1. The van der Waals surface area contributed by atoms with Gasteiger partial charge in [0, 0.05) is 56.2 Å². The highest BCUT2D eigenvalue weighted by Crippen LogP contribution is 2.43. The van der Waals surface area contributed by atoms with Crippen molar-refractivity contribution in [2.24, 2.45) is 0 Å². The molecule has 1 aliphatic heterocycles. The summed E-state index contributed by atoms with van der Waals surface area (Å²) in [7, 11) is 1.59. The second kappa shape index (κ2) is 10.8. The van der Waals surface area contributed by atoms with Crippen LogP contribution in [0, 0.1) is 0 Å². The van der Waals surface area contributed by atoms with Crippen LogP contribution in [0.3, 0.4) is 0 Å². The van der Waals surface area contributed by atoms with Crippen LogP contribution in [0.4, 0.5) is 23.7 Å². The number of hydrogen-bond acceptors (Lipinski definition) is 7. The predicted molar refractivity (Wildman–Crippen MR) is 126 cm³/mol. The Bertz CT molecular complexity index is 1150. The van der Waals surface area contributed by atoms with Gasteiger partial charge in [0.2, 0.25) is 5.54 Å². The first-order chi connectivity index (χ1) is 16.8. The lowest BCUT2D eigenvalue weighted by molar-refractivity contribution is -1.06. The van der Waals surface area contributed by atoms with Gasteiger partial charge < -0.3 is 4.74 Å². The maximum absolute atomic E-state index is 13.7. The highest BCUT2D eigenvalue weighted by molar-refractivity contribution is 7.99. The van der Waals surface area contributed by atoms with Gasteiger partial charge in [-0.3, -0.25) is 14.6 Å². The summed E-state index contributed by atoms with van der Waals surface area (Å²) < 4.78 is 43.1. The van der Waals surface area contributed by atoms with Gasteiger partial charge in [0.1, 0.15) is 0 Å². The average molecular weight is 547 g/mol. The summed E-state index contributed by atoms with van der Waals surface area (Å²) >= 11 is 7.83. The average Bonchev–Trinajstić information content (AvgIpc) is 2.95. The number of amides is 3. The number of alkyl halides is 3. The first-order valence-electron chi connectivity index (χ1n) is 10.7. The van der Waals surface area contributed by atoms with Crippen molar-refractivity contribution < 1.29 is 41.8 Å². The van der Waals surface area contributed by atoms with E-state index in [9.17, 15) is 27.6 Å². The van der Waals surface area contributed by atoms with Gasteiger partial charge in [0.15, 0.2) is 6.54 Å². The molecule has 1 unspecified atom stereocenters. The Morgan fingerprint density at radius 1 is 1.19 bits per heavy atom. The first-order valence-corrected chi connectivity index (χ1v) is 12.1. The van der Waals surface area contributed by atoms with Crippen molar-refractivity contribution in [1.82, 2.24) is 4.98 Å². The molecule has 2 heterocycles. The number of nitrogens with zero attached hydrogens (tertiary/aromatic N) is 3. The minimum absolute atomic E-state index is 0.0436. The Labute approximate surface area is 214 Å². The van der Waals surface area contributed by atoms with Crippen LogP contribution in [0.15, 0.2) is 47.6 Å². The van der Waals surface area contributed by atoms with E-state index in [1.54, 1.807) is 13.2 Å². The topological polar surface area (TPSA) is 85.8 Å². The largest absolute Gasteiger partial charge is 0.497 e. The molecule has 194 valence electrons. The molecule has 1 aromatic carbocycles. The van der Waals surface area contributed by atoms with E-state index in [0.29, 0.717) is 27.7 Å². The quantitative estimate of drug-likeness (QED) is 0.186. The van der Waals surface area contributed by atoms with Crippen LogP contribution < -0.4 is 4.90 Å². The van der Waals surface area contributed by atoms with Gasteiger partial charge >= 0.3 is 24.1 Å². The highest BCUT2D eigenvalue weighted by atomic mass is 35.5. The summed E-state index contributed by atoms with van der Waals surface area (Å²) in [5.74, 6) is -2.73. The lowest BCUT2D eigenvalue weighted by Gasteiger charge is -2.35. The van der Waals surface area contributed by atoms with E-state index in [-0.39, 0.29) is 10.7 Å². The fraction of sp³-hybridized carbons (Fsp3) is 0.391. The number of imide groups is 1. The SMILES string of the molecule is COCCCSc1ccc(N2C(=O)C(C)(C)[N+](Cc3ccncc3)(OC(=O)C(F)(F)F)C2=O)cc1Cl. The summed E-state index contributed by atoms with van der Waals surface area (Å²) in [5, 5.41) is 0.250. The molecular weight excluding hydrogens is 523 g/mol. The molecule has 0 saturated carbocycles. The molecule has 0 N–H and O–H groups in total. The zero-order chi connectivity index (χ0) is 26.7. The van der Waals surface area contributed by atoms with Crippen LogP contribution in [0.2, 0.25) is 5.02 Å². The van der Waals surface area contributed by atoms with Crippen LogP contribution in [0.1, 0.15) is 25.8 Å². The summed E-state index contributed by atoms with van der Waals surface area (Å²) in [6.45, 7) is 2.54. The fourth-order valence-corrected chi connectivity index (χ4v) is 4.85. The van der Waals surface area contributed by atoms with E-state index >= 15 is 0 Å². The zero-order valence-corrected chi connectivity index (χ0v) is 21.2. The first kappa shape index (κ1) is 27.9. The molecule has 1 aromatic heterocycles. The fourth-order valence-electron chi connectivity index (χ4n) is 3.66. The Morgan fingerprint density at radius 2 is 1.86 bits per heavy atom. The monoisotopic (exact) mass is 546 g/mol. The summed E-state index contributed by atoms with van der Waals surface area (Å²) in [4.78, 5) is 49.2. The van der Waals surface area contributed by atoms with Gasteiger partial charge in [-0.25, -0.2) is 9.59 Å². The number of aromatic nitrogens is 1. The maximum atomic E-state index is 13.7.